The Morgan fingerprint density at radius 2 is 0.632 bits per heavy atom. The van der Waals surface area contributed by atoms with Crippen LogP contribution >= 0.6 is 0 Å². The minimum atomic E-state index is 0.880. The van der Waals surface area contributed by atoms with Crippen LogP contribution in [0.3, 0.4) is 0 Å². The van der Waals surface area contributed by atoms with Gasteiger partial charge in [0.15, 0.2) is 0 Å². The highest BCUT2D eigenvalue weighted by atomic mass is 14.9. The lowest BCUT2D eigenvalue weighted by Crippen LogP contribution is -1.97. The third-order valence-corrected chi connectivity index (χ3v) is 7.55. The van der Waals surface area contributed by atoms with Gasteiger partial charge in [-0.2, -0.15) is 0 Å². The highest BCUT2D eigenvalue weighted by Gasteiger charge is 2.13. The molecule has 180 valence electrons. The van der Waals surface area contributed by atoms with Gasteiger partial charge in [-0.05, 0) is 63.1 Å². The minimum absolute atomic E-state index is 0.880. The van der Waals surface area contributed by atoms with Gasteiger partial charge in [0.05, 0.1) is 0 Å². The fourth-order valence-corrected chi connectivity index (χ4v) is 5.61. The summed E-state index contributed by atoms with van der Waals surface area (Å²) in [7, 11) is 0. The molecular weight excluding hydrogens is 458 g/mol. The molecule has 0 radical (unpaired) electrons. The summed E-state index contributed by atoms with van der Waals surface area (Å²) < 4.78 is 0. The van der Waals surface area contributed by atoms with Crippen molar-refractivity contribution < 1.29 is 0 Å². The van der Waals surface area contributed by atoms with E-state index in [2.05, 4.69) is 151 Å². The molecule has 1 heteroatoms. The van der Waals surface area contributed by atoms with Crippen LogP contribution in [-0.4, -0.2) is 0 Å². The summed E-state index contributed by atoms with van der Waals surface area (Å²) in [5.41, 5.74) is 14.7. The number of benzene rings is 6. The molecule has 0 saturated carbocycles. The van der Waals surface area contributed by atoms with E-state index in [-0.39, 0.29) is 0 Å². The summed E-state index contributed by atoms with van der Waals surface area (Å²) in [4.78, 5) is 0. The zero-order valence-corrected chi connectivity index (χ0v) is 21.1. The van der Waals surface area contributed by atoms with Crippen LogP contribution in [0.1, 0.15) is 11.1 Å². The smallest absolute Gasteiger partial charge is 0.0464 e. The molecule has 4 aliphatic heterocycles. The largest absolute Gasteiger partial charge is 0.355 e. The average molecular weight is 486 g/mol. The Labute approximate surface area is 224 Å². The molecule has 0 fully saturated rings. The molecule has 6 aromatic carbocycles. The fourth-order valence-electron chi connectivity index (χ4n) is 5.61. The third-order valence-electron chi connectivity index (χ3n) is 7.55. The Hall–Kier alpha value is -4.88. The van der Waals surface area contributed by atoms with Crippen molar-refractivity contribution in [2.45, 2.75) is 6.42 Å². The number of rotatable bonds is 0. The van der Waals surface area contributed by atoms with Crippen LogP contribution < -0.4 is 5.32 Å². The van der Waals surface area contributed by atoms with Gasteiger partial charge in [0.2, 0.25) is 0 Å². The van der Waals surface area contributed by atoms with Gasteiger partial charge >= 0.3 is 0 Å². The molecule has 10 rings (SSSR count). The van der Waals surface area contributed by atoms with E-state index < -0.39 is 0 Å². The molecule has 4 heterocycles. The van der Waals surface area contributed by atoms with Crippen molar-refractivity contribution in [2.24, 2.45) is 0 Å². The molecule has 1 nitrogen and oxygen atoms in total. The Morgan fingerprint density at radius 3 is 1.05 bits per heavy atom. The minimum Gasteiger partial charge on any atom is -0.355 e. The Morgan fingerprint density at radius 1 is 0.316 bits per heavy atom. The summed E-state index contributed by atoms with van der Waals surface area (Å²) in [6.45, 7) is 0. The van der Waals surface area contributed by atoms with Crippen LogP contribution in [0.15, 0.2) is 146 Å². The van der Waals surface area contributed by atoms with Gasteiger partial charge < -0.3 is 5.32 Å². The zero-order valence-electron chi connectivity index (χ0n) is 21.1. The monoisotopic (exact) mass is 485 g/mol. The molecule has 6 aromatic rings. The second-order valence-electron chi connectivity index (χ2n) is 9.86. The molecule has 1 N–H and O–H groups in total. The lowest BCUT2D eigenvalue weighted by Gasteiger charge is -2.18. The first-order chi connectivity index (χ1) is 18.8. The summed E-state index contributed by atoms with van der Waals surface area (Å²) in [6, 6.07) is 52.7. The highest BCUT2D eigenvalue weighted by Crippen LogP contribution is 2.37. The first-order valence-electron chi connectivity index (χ1n) is 13.2. The van der Waals surface area contributed by atoms with Crippen molar-refractivity contribution in [3.05, 3.63) is 157 Å². The second-order valence-corrected chi connectivity index (χ2v) is 9.86. The summed E-state index contributed by atoms with van der Waals surface area (Å²) in [5.74, 6) is 0. The predicted octanol–water partition coefficient (Wildman–Crippen LogP) is 10.0. The maximum atomic E-state index is 3.75. The van der Waals surface area contributed by atoms with Gasteiger partial charge in [0.25, 0.3) is 0 Å². The van der Waals surface area contributed by atoms with E-state index in [9.17, 15) is 0 Å². The normalized spacial score (nSPS) is 11.8. The van der Waals surface area contributed by atoms with Gasteiger partial charge in [-0.1, -0.05) is 133 Å². The van der Waals surface area contributed by atoms with Crippen LogP contribution in [-0.2, 0) is 6.42 Å². The van der Waals surface area contributed by atoms with Crippen molar-refractivity contribution in [3.63, 3.8) is 0 Å². The Bertz CT molecular complexity index is 1480. The fraction of sp³-hybridized carbons (Fsp3) is 0.0270. The van der Waals surface area contributed by atoms with Gasteiger partial charge in [0, 0.05) is 22.5 Å². The number of nitrogens with one attached hydrogen (secondary N) is 1. The number of para-hydroxylation sites is 2. The molecular formula is C37H27N. The average Bonchev–Trinajstić information content (AvgIpc) is 2.98. The van der Waals surface area contributed by atoms with E-state index in [0.717, 1.165) is 17.8 Å². The standard InChI is InChI=1S/C37H27N/c1-3-11-32-26-17-21-28(22-18-26)34-13-5-7-15-36(34)38-37-16-8-6-14-35(37)29-23-19-27(20-24-29)33-12-4-2-10-31(33)25-30(32)9-1/h1-24,38H,25H2. The first-order valence-corrected chi connectivity index (χ1v) is 13.2. The lowest BCUT2D eigenvalue weighted by molar-refractivity contribution is 1.20. The molecule has 0 aromatic heterocycles. The topological polar surface area (TPSA) is 12.0 Å². The second kappa shape index (κ2) is 9.53. The molecule has 0 saturated heterocycles. The van der Waals surface area contributed by atoms with Crippen LogP contribution in [0.5, 0.6) is 0 Å². The Balaban J connectivity index is 1.46. The van der Waals surface area contributed by atoms with E-state index in [4.69, 9.17) is 0 Å². The SMILES string of the molecule is c1ccc2c(c1)Cc1ccccc1-c1ccc(cc1)-c1ccccc1Nc1ccccc1-c1ccc-2cc1. The van der Waals surface area contributed by atoms with Crippen LogP contribution in [0.4, 0.5) is 11.4 Å². The third kappa shape index (κ3) is 4.09. The first kappa shape index (κ1) is 22.3. The van der Waals surface area contributed by atoms with Crippen LogP contribution in [0, 0.1) is 0 Å². The maximum Gasteiger partial charge on any atom is 0.0464 e. The molecule has 0 amide bonds. The lowest BCUT2D eigenvalue weighted by atomic mass is 9.90. The van der Waals surface area contributed by atoms with Crippen LogP contribution in [0.25, 0.3) is 44.5 Å². The molecule has 38 heavy (non-hydrogen) atoms. The van der Waals surface area contributed by atoms with E-state index in [1.165, 1.54) is 55.6 Å². The predicted molar refractivity (Wildman–Crippen MR) is 161 cm³/mol. The number of anilines is 2. The van der Waals surface area contributed by atoms with Crippen LogP contribution in [0.2, 0.25) is 0 Å². The van der Waals surface area contributed by atoms with Crippen molar-refractivity contribution in [1.82, 2.24) is 0 Å². The van der Waals surface area contributed by atoms with E-state index in [0.29, 0.717) is 0 Å². The van der Waals surface area contributed by atoms with E-state index in [1.807, 2.05) is 0 Å². The van der Waals surface area contributed by atoms with Crippen molar-refractivity contribution in [3.8, 4) is 44.5 Å². The Kier molecular flexibility index (Phi) is 5.60. The summed E-state index contributed by atoms with van der Waals surface area (Å²) in [5, 5.41) is 3.75. The van der Waals surface area contributed by atoms with Gasteiger partial charge in [-0.3, -0.25) is 0 Å². The maximum absolute atomic E-state index is 3.75. The summed E-state index contributed by atoms with van der Waals surface area (Å²) in [6.07, 6.45) is 0.880. The number of hydrogen-bond donors (Lipinski definition) is 1. The molecule has 0 aliphatic carbocycles. The van der Waals surface area contributed by atoms with Crippen molar-refractivity contribution in [2.75, 3.05) is 5.32 Å². The zero-order chi connectivity index (χ0) is 25.3. The van der Waals surface area contributed by atoms with E-state index >= 15 is 0 Å². The molecule has 0 spiro atoms. The van der Waals surface area contributed by atoms with E-state index in [1.54, 1.807) is 0 Å². The van der Waals surface area contributed by atoms with Crippen molar-refractivity contribution >= 4 is 11.4 Å². The molecule has 4 aliphatic rings. The highest BCUT2D eigenvalue weighted by molar-refractivity contribution is 5.88. The van der Waals surface area contributed by atoms with Gasteiger partial charge in [-0.25, -0.2) is 0 Å². The summed E-state index contributed by atoms with van der Waals surface area (Å²) >= 11 is 0. The van der Waals surface area contributed by atoms with Gasteiger partial charge in [0.1, 0.15) is 0 Å². The quantitative estimate of drug-likeness (QED) is 0.225. The van der Waals surface area contributed by atoms with Crippen molar-refractivity contribution in [1.29, 1.82) is 0 Å². The molecule has 4 bridgehead atoms. The number of hydrogen-bond acceptors (Lipinski definition) is 1. The molecule has 0 atom stereocenters. The molecule has 0 unspecified atom stereocenters. The van der Waals surface area contributed by atoms with Gasteiger partial charge in [-0.15, -0.1) is 0 Å².